The smallest absolute Gasteiger partial charge is 0.280 e. The number of hydrogen-bond acceptors (Lipinski definition) is 4. The van der Waals surface area contributed by atoms with E-state index in [9.17, 15) is 14.7 Å². The number of amides is 2. The van der Waals surface area contributed by atoms with Gasteiger partial charge < -0.3 is 5.11 Å². The molecule has 1 aromatic heterocycles. The molecule has 0 aromatic carbocycles. The van der Waals surface area contributed by atoms with E-state index in [1.807, 2.05) is 0 Å². The Morgan fingerprint density at radius 3 is 2.65 bits per heavy atom. The van der Waals surface area contributed by atoms with Crippen molar-refractivity contribution in [1.29, 1.82) is 0 Å². The maximum absolute atomic E-state index is 12.0. The van der Waals surface area contributed by atoms with Crippen molar-refractivity contribution >= 4 is 11.8 Å². The first-order chi connectivity index (χ1) is 7.96. The standard InChI is InChI=1S/C12H14N2O3/c1-12(2,7-15)6-14-10(16)8-4-3-5-13-9(8)11(14)17/h3-5,15H,6-7H2,1-2H3. The van der Waals surface area contributed by atoms with Crippen LogP contribution in [0, 0.1) is 5.41 Å². The van der Waals surface area contributed by atoms with Gasteiger partial charge in [0.25, 0.3) is 11.8 Å². The highest BCUT2D eigenvalue weighted by Crippen LogP contribution is 2.25. The van der Waals surface area contributed by atoms with Crippen molar-refractivity contribution in [1.82, 2.24) is 9.88 Å². The summed E-state index contributed by atoms with van der Waals surface area (Å²) in [4.78, 5) is 29.0. The minimum Gasteiger partial charge on any atom is -0.396 e. The van der Waals surface area contributed by atoms with Crippen molar-refractivity contribution in [2.75, 3.05) is 13.2 Å². The molecule has 0 saturated carbocycles. The lowest BCUT2D eigenvalue weighted by atomic mass is 9.94. The van der Waals surface area contributed by atoms with E-state index in [4.69, 9.17) is 0 Å². The largest absolute Gasteiger partial charge is 0.396 e. The number of hydrogen-bond donors (Lipinski definition) is 1. The molecule has 1 aromatic rings. The van der Waals surface area contributed by atoms with Gasteiger partial charge in [-0.2, -0.15) is 0 Å². The van der Waals surface area contributed by atoms with Gasteiger partial charge in [0.2, 0.25) is 0 Å². The molecule has 1 aliphatic rings. The molecule has 2 heterocycles. The van der Waals surface area contributed by atoms with Crippen molar-refractivity contribution in [2.24, 2.45) is 5.41 Å². The topological polar surface area (TPSA) is 70.5 Å². The number of aliphatic hydroxyl groups excluding tert-OH is 1. The maximum Gasteiger partial charge on any atom is 0.280 e. The van der Waals surface area contributed by atoms with E-state index in [-0.39, 0.29) is 30.7 Å². The van der Waals surface area contributed by atoms with E-state index in [0.29, 0.717) is 5.56 Å². The van der Waals surface area contributed by atoms with Gasteiger partial charge >= 0.3 is 0 Å². The zero-order chi connectivity index (χ0) is 12.6. The predicted molar refractivity (Wildman–Crippen MR) is 60.5 cm³/mol. The first kappa shape index (κ1) is 11.7. The average Bonchev–Trinajstić information content (AvgIpc) is 2.55. The molecule has 0 saturated heterocycles. The lowest BCUT2D eigenvalue weighted by Gasteiger charge is -2.26. The van der Waals surface area contributed by atoms with Crippen molar-refractivity contribution in [3.8, 4) is 0 Å². The number of rotatable bonds is 3. The Morgan fingerprint density at radius 1 is 1.35 bits per heavy atom. The molecule has 5 heteroatoms. The predicted octanol–water partition coefficient (Wildman–Crippen LogP) is 0.696. The summed E-state index contributed by atoms with van der Waals surface area (Å²) < 4.78 is 0. The number of carbonyl (C=O) groups excluding carboxylic acids is 2. The third kappa shape index (κ3) is 1.93. The second-order valence-corrected chi connectivity index (χ2v) is 4.92. The SMILES string of the molecule is CC(C)(CO)CN1C(=O)c2cccnc2C1=O. The van der Waals surface area contributed by atoms with Crippen LogP contribution in [-0.2, 0) is 0 Å². The molecule has 0 spiro atoms. The summed E-state index contributed by atoms with van der Waals surface area (Å²) >= 11 is 0. The summed E-state index contributed by atoms with van der Waals surface area (Å²) in [5.74, 6) is -0.716. The van der Waals surface area contributed by atoms with Crippen molar-refractivity contribution in [2.45, 2.75) is 13.8 Å². The molecule has 2 rings (SSSR count). The summed E-state index contributed by atoms with van der Waals surface area (Å²) in [5.41, 5.74) is 0.0327. The van der Waals surface area contributed by atoms with Crippen LogP contribution in [0.3, 0.4) is 0 Å². The van der Waals surface area contributed by atoms with Crippen LogP contribution in [0.25, 0.3) is 0 Å². The number of aromatic nitrogens is 1. The Labute approximate surface area is 99.1 Å². The van der Waals surface area contributed by atoms with Gasteiger partial charge in [-0.3, -0.25) is 19.5 Å². The number of aliphatic hydroxyl groups is 1. The van der Waals surface area contributed by atoms with E-state index in [1.165, 1.54) is 6.20 Å². The zero-order valence-corrected chi connectivity index (χ0v) is 9.80. The fraction of sp³-hybridized carbons (Fsp3) is 0.417. The molecule has 17 heavy (non-hydrogen) atoms. The van der Waals surface area contributed by atoms with Crippen LogP contribution in [-0.4, -0.2) is 40.0 Å². The van der Waals surface area contributed by atoms with Gasteiger partial charge in [-0.05, 0) is 12.1 Å². The van der Waals surface area contributed by atoms with Crippen LogP contribution in [0.15, 0.2) is 18.3 Å². The molecule has 5 nitrogen and oxygen atoms in total. The molecule has 90 valence electrons. The molecular formula is C12H14N2O3. The zero-order valence-electron chi connectivity index (χ0n) is 9.80. The van der Waals surface area contributed by atoms with Crippen LogP contribution >= 0.6 is 0 Å². The molecule has 0 aliphatic carbocycles. The second kappa shape index (κ2) is 3.92. The molecule has 0 bridgehead atoms. The minimum absolute atomic E-state index is 0.0895. The van der Waals surface area contributed by atoms with E-state index >= 15 is 0 Å². The van der Waals surface area contributed by atoms with Crippen LogP contribution < -0.4 is 0 Å². The Morgan fingerprint density at radius 2 is 2.06 bits per heavy atom. The third-order valence-electron chi connectivity index (χ3n) is 2.75. The third-order valence-corrected chi connectivity index (χ3v) is 2.75. The van der Waals surface area contributed by atoms with Gasteiger partial charge in [-0.25, -0.2) is 0 Å². The first-order valence-electron chi connectivity index (χ1n) is 5.38. The monoisotopic (exact) mass is 234 g/mol. The Bertz CT molecular complexity index is 447. The fourth-order valence-electron chi connectivity index (χ4n) is 1.74. The van der Waals surface area contributed by atoms with Crippen molar-refractivity contribution in [3.05, 3.63) is 29.6 Å². The van der Waals surface area contributed by atoms with Crippen LogP contribution in [0.4, 0.5) is 0 Å². The number of fused-ring (bicyclic) bond motifs is 1. The number of imide groups is 1. The Kier molecular flexibility index (Phi) is 2.71. The van der Waals surface area contributed by atoms with Crippen LogP contribution in [0.5, 0.6) is 0 Å². The van der Waals surface area contributed by atoms with Crippen molar-refractivity contribution in [3.63, 3.8) is 0 Å². The summed E-state index contributed by atoms with van der Waals surface area (Å²) in [6.45, 7) is 3.69. The number of nitrogens with zero attached hydrogens (tertiary/aromatic N) is 2. The van der Waals surface area contributed by atoms with E-state index in [1.54, 1.807) is 26.0 Å². The van der Waals surface area contributed by atoms with Crippen molar-refractivity contribution < 1.29 is 14.7 Å². The summed E-state index contributed by atoms with van der Waals surface area (Å²) in [5, 5.41) is 9.18. The Hall–Kier alpha value is -1.75. The highest BCUT2D eigenvalue weighted by molar-refractivity contribution is 6.20. The summed E-state index contributed by atoms with van der Waals surface area (Å²) in [6.07, 6.45) is 1.49. The van der Waals surface area contributed by atoms with Gasteiger partial charge in [0.1, 0.15) is 5.69 Å². The molecule has 0 unspecified atom stereocenters. The molecule has 0 radical (unpaired) electrons. The fourth-order valence-corrected chi connectivity index (χ4v) is 1.74. The van der Waals surface area contributed by atoms with Gasteiger partial charge in [0, 0.05) is 24.8 Å². The van der Waals surface area contributed by atoms with E-state index in [2.05, 4.69) is 4.98 Å². The average molecular weight is 234 g/mol. The van der Waals surface area contributed by atoms with Gasteiger partial charge in [0.15, 0.2) is 0 Å². The van der Waals surface area contributed by atoms with E-state index < -0.39 is 5.41 Å². The molecular weight excluding hydrogens is 220 g/mol. The van der Waals surface area contributed by atoms with Gasteiger partial charge in [-0.1, -0.05) is 13.8 Å². The highest BCUT2D eigenvalue weighted by Gasteiger charge is 2.39. The highest BCUT2D eigenvalue weighted by atomic mass is 16.3. The number of pyridine rings is 1. The summed E-state index contributed by atoms with van der Waals surface area (Å²) in [7, 11) is 0. The second-order valence-electron chi connectivity index (χ2n) is 4.92. The first-order valence-corrected chi connectivity index (χ1v) is 5.38. The molecule has 0 fully saturated rings. The Balaban J connectivity index is 2.31. The van der Waals surface area contributed by atoms with E-state index in [0.717, 1.165) is 4.90 Å². The minimum atomic E-state index is -0.507. The molecule has 2 amide bonds. The molecule has 0 atom stereocenters. The number of carbonyl (C=O) groups is 2. The lowest BCUT2D eigenvalue weighted by Crippen LogP contribution is -2.40. The van der Waals surface area contributed by atoms with Crippen LogP contribution in [0.1, 0.15) is 34.7 Å². The molecule has 1 aliphatic heterocycles. The van der Waals surface area contributed by atoms with Crippen LogP contribution in [0.2, 0.25) is 0 Å². The summed E-state index contributed by atoms with van der Waals surface area (Å²) in [6, 6.07) is 3.22. The van der Waals surface area contributed by atoms with Gasteiger partial charge in [0.05, 0.1) is 5.56 Å². The quantitative estimate of drug-likeness (QED) is 0.781. The van der Waals surface area contributed by atoms with Gasteiger partial charge in [-0.15, -0.1) is 0 Å². The maximum atomic E-state index is 12.0. The lowest BCUT2D eigenvalue weighted by molar-refractivity contribution is 0.0527. The normalized spacial score (nSPS) is 15.4. The molecule has 1 N–H and O–H groups in total.